The second kappa shape index (κ2) is 4.92. The summed E-state index contributed by atoms with van der Waals surface area (Å²) in [5.74, 6) is 0.140. The molecule has 20 heavy (non-hydrogen) atoms. The number of carbonyl (C=O) groups excluding carboxylic acids is 1. The maximum atomic E-state index is 11.5. The number of carbonyl (C=O) groups is 1. The largest absolute Gasteiger partial charge is 0.466 e. The van der Waals surface area contributed by atoms with Gasteiger partial charge in [0.1, 0.15) is 11.8 Å². The Balaban J connectivity index is 1.89. The molecule has 2 heterocycles. The number of hydrogen-bond acceptors (Lipinski definition) is 6. The number of allylic oxidation sites excluding steroid dienone is 1. The van der Waals surface area contributed by atoms with Gasteiger partial charge in [-0.3, -0.25) is 0 Å². The molecule has 1 atom stereocenters. The van der Waals surface area contributed by atoms with Crippen LogP contribution in [0.15, 0.2) is 24.3 Å². The van der Waals surface area contributed by atoms with E-state index in [1.807, 2.05) is 10.6 Å². The number of fused-ring (bicyclic) bond motifs is 1. The van der Waals surface area contributed by atoms with Crippen LogP contribution in [0, 0.1) is 0 Å². The number of aromatic nitrogens is 4. The van der Waals surface area contributed by atoms with E-state index >= 15 is 0 Å². The molecule has 3 rings (SSSR count). The number of hydrogen-bond donors (Lipinski definition) is 1. The van der Waals surface area contributed by atoms with Crippen molar-refractivity contribution in [2.24, 2.45) is 0 Å². The molecule has 0 saturated heterocycles. The smallest absolute Gasteiger partial charge is 0.333 e. The molecule has 0 saturated carbocycles. The molecule has 0 spiro atoms. The summed E-state index contributed by atoms with van der Waals surface area (Å²) in [5, 5.41) is 0. The summed E-state index contributed by atoms with van der Waals surface area (Å²) in [6.45, 7) is 0. The SMILES string of the molecule is COC(=O)C1=CCC(n2cnc3c(N)ncnc32)CC1. The number of esters is 1. The highest BCUT2D eigenvalue weighted by Gasteiger charge is 2.22. The number of nitrogens with two attached hydrogens (primary N) is 1. The molecule has 0 amide bonds. The van der Waals surface area contributed by atoms with Gasteiger partial charge in [-0.25, -0.2) is 19.7 Å². The van der Waals surface area contributed by atoms with Crippen molar-refractivity contribution in [1.29, 1.82) is 0 Å². The molecule has 2 N–H and O–H groups in total. The van der Waals surface area contributed by atoms with Gasteiger partial charge < -0.3 is 15.0 Å². The van der Waals surface area contributed by atoms with Crippen molar-refractivity contribution >= 4 is 23.0 Å². The van der Waals surface area contributed by atoms with Gasteiger partial charge in [0, 0.05) is 11.6 Å². The fourth-order valence-corrected chi connectivity index (χ4v) is 2.53. The van der Waals surface area contributed by atoms with Gasteiger partial charge in [0.05, 0.1) is 13.4 Å². The van der Waals surface area contributed by atoms with Crippen LogP contribution >= 0.6 is 0 Å². The van der Waals surface area contributed by atoms with E-state index in [9.17, 15) is 4.79 Å². The molecule has 0 fully saturated rings. The minimum atomic E-state index is -0.245. The van der Waals surface area contributed by atoms with Gasteiger partial charge in [0.25, 0.3) is 0 Å². The van der Waals surface area contributed by atoms with Crippen molar-refractivity contribution in [2.75, 3.05) is 12.8 Å². The molecular weight excluding hydrogens is 258 g/mol. The third kappa shape index (κ3) is 2.01. The molecule has 0 radical (unpaired) electrons. The molecule has 1 aliphatic rings. The first-order valence-corrected chi connectivity index (χ1v) is 6.41. The van der Waals surface area contributed by atoms with Gasteiger partial charge in [-0.05, 0) is 19.3 Å². The van der Waals surface area contributed by atoms with Crippen LogP contribution in [0.2, 0.25) is 0 Å². The zero-order chi connectivity index (χ0) is 14.1. The van der Waals surface area contributed by atoms with Crippen LogP contribution in [0.4, 0.5) is 5.82 Å². The highest BCUT2D eigenvalue weighted by molar-refractivity contribution is 5.88. The van der Waals surface area contributed by atoms with Gasteiger partial charge in [-0.1, -0.05) is 6.08 Å². The Morgan fingerprint density at radius 2 is 2.30 bits per heavy atom. The molecule has 104 valence electrons. The van der Waals surface area contributed by atoms with Crippen molar-refractivity contribution in [3.63, 3.8) is 0 Å². The molecule has 1 unspecified atom stereocenters. The summed E-state index contributed by atoms with van der Waals surface area (Å²) in [6.07, 6.45) is 7.38. The van der Waals surface area contributed by atoms with E-state index in [4.69, 9.17) is 10.5 Å². The normalized spacial score (nSPS) is 18.9. The number of nitrogen functional groups attached to an aromatic ring is 1. The van der Waals surface area contributed by atoms with E-state index in [2.05, 4.69) is 15.0 Å². The minimum Gasteiger partial charge on any atom is -0.466 e. The van der Waals surface area contributed by atoms with E-state index in [-0.39, 0.29) is 12.0 Å². The summed E-state index contributed by atoms with van der Waals surface area (Å²) in [6, 6.07) is 0.225. The third-order valence-electron chi connectivity index (χ3n) is 3.61. The predicted molar refractivity (Wildman–Crippen MR) is 72.7 cm³/mol. The van der Waals surface area contributed by atoms with Gasteiger partial charge in [-0.15, -0.1) is 0 Å². The first kappa shape index (κ1) is 12.6. The Morgan fingerprint density at radius 1 is 1.45 bits per heavy atom. The predicted octanol–water partition coefficient (Wildman–Crippen LogP) is 1.23. The lowest BCUT2D eigenvalue weighted by atomic mass is 9.95. The maximum Gasteiger partial charge on any atom is 0.333 e. The quantitative estimate of drug-likeness (QED) is 0.827. The number of anilines is 1. The Morgan fingerprint density at radius 3 is 3.00 bits per heavy atom. The Labute approximate surface area is 115 Å². The summed E-state index contributed by atoms with van der Waals surface area (Å²) in [4.78, 5) is 23.9. The number of methoxy groups -OCH3 is 1. The lowest BCUT2D eigenvalue weighted by molar-refractivity contribution is -0.136. The van der Waals surface area contributed by atoms with Crippen LogP contribution < -0.4 is 5.73 Å². The van der Waals surface area contributed by atoms with Crippen LogP contribution in [0.5, 0.6) is 0 Å². The van der Waals surface area contributed by atoms with Gasteiger partial charge in [0.15, 0.2) is 11.5 Å². The zero-order valence-electron chi connectivity index (χ0n) is 11.1. The summed E-state index contributed by atoms with van der Waals surface area (Å²) in [5.41, 5.74) is 7.87. The third-order valence-corrected chi connectivity index (χ3v) is 3.61. The van der Waals surface area contributed by atoms with Crippen molar-refractivity contribution in [2.45, 2.75) is 25.3 Å². The van der Waals surface area contributed by atoms with Crippen LogP contribution in [0.25, 0.3) is 11.2 Å². The number of rotatable bonds is 2. The van der Waals surface area contributed by atoms with Crippen molar-refractivity contribution < 1.29 is 9.53 Å². The first-order valence-electron chi connectivity index (χ1n) is 6.41. The van der Waals surface area contributed by atoms with E-state index in [0.29, 0.717) is 17.8 Å². The fraction of sp³-hybridized carbons (Fsp3) is 0.385. The van der Waals surface area contributed by atoms with Crippen molar-refractivity contribution in [3.05, 3.63) is 24.3 Å². The average molecular weight is 273 g/mol. The minimum absolute atomic E-state index is 0.225. The Hall–Kier alpha value is -2.44. The van der Waals surface area contributed by atoms with Gasteiger partial charge in [0.2, 0.25) is 0 Å². The fourth-order valence-electron chi connectivity index (χ4n) is 2.53. The van der Waals surface area contributed by atoms with E-state index in [0.717, 1.165) is 24.1 Å². The summed E-state index contributed by atoms with van der Waals surface area (Å²) in [7, 11) is 1.40. The van der Waals surface area contributed by atoms with Crippen LogP contribution in [-0.4, -0.2) is 32.6 Å². The zero-order valence-corrected chi connectivity index (χ0v) is 11.1. The lowest BCUT2D eigenvalue weighted by Crippen LogP contribution is -2.16. The summed E-state index contributed by atoms with van der Waals surface area (Å²) < 4.78 is 6.74. The molecule has 7 nitrogen and oxygen atoms in total. The topological polar surface area (TPSA) is 95.9 Å². The maximum absolute atomic E-state index is 11.5. The molecule has 0 bridgehead atoms. The molecule has 2 aromatic heterocycles. The van der Waals surface area contributed by atoms with Crippen LogP contribution in [0.3, 0.4) is 0 Å². The highest BCUT2D eigenvalue weighted by Crippen LogP contribution is 2.30. The Bertz CT molecular complexity index is 691. The van der Waals surface area contributed by atoms with E-state index in [1.54, 1.807) is 6.33 Å². The van der Waals surface area contributed by atoms with Crippen LogP contribution in [-0.2, 0) is 9.53 Å². The second-order valence-electron chi connectivity index (χ2n) is 4.73. The van der Waals surface area contributed by atoms with Crippen molar-refractivity contribution in [3.8, 4) is 0 Å². The number of imidazole rings is 1. The first-order chi connectivity index (χ1) is 9.70. The monoisotopic (exact) mass is 273 g/mol. The average Bonchev–Trinajstić information content (AvgIpc) is 2.92. The molecule has 7 heteroatoms. The molecule has 0 aromatic carbocycles. The molecule has 0 aliphatic heterocycles. The molecule has 1 aliphatic carbocycles. The molecule has 2 aromatic rings. The standard InChI is InChI=1S/C13H15N5O2/c1-20-13(19)8-2-4-9(5-3-8)18-7-17-10-11(14)15-6-16-12(10)18/h2,6-7,9H,3-5H2,1H3,(H2,14,15,16). The second-order valence-corrected chi connectivity index (χ2v) is 4.73. The number of nitrogens with zero attached hydrogens (tertiary/aromatic N) is 4. The highest BCUT2D eigenvalue weighted by atomic mass is 16.5. The van der Waals surface area contributed by atoms with Gasteiger partial charge >= 0.3 is 5.97 Å². The Kier molecular flexibility index (Phi) is 3.09. The van der Waals surface area contributed by atoms with Crippen LogP contribution in [0.1, 0.15) is 25.3 Å². The van der Waals surface area contributed by atoms with Gasteiger partial charge in [-0.2, -0.15) is 0 Å². The lowest BCUT2D eigenvalue weighted by Gasteiger charge is -2.22. The number of ether oxygens (including phenoxy) is 1. The van der Waals surface area contributed by atoms with E-state index in [1.165, 1.54) is 13.4 Å². The van der Waals surface area contributed by atoms with E-state index < -0.39 is 0 Å². The molecular formula is C13H15N5O2. The van der Waals surface area contributed by atoms with Crippen molar-refractivity contribution in [1.82, 2.24) is 19.5 Å². The summed E-state index contributed by atoms with van der Waals surface area (Å²) >= 11 is 0.